The molecular weight excluding hydrogens is 236 g/mol. The number of rotatable bonds is 2. The standard InChI is InChI=1S/C16H22N2O/c1-12-10-14-8-4-5-9-15(14)18(12)16(19)17-11-13-6-2-3-7-13/h4-5,8-9,12-13H,2-3,6-7,10-11H2,1H3,(H,17,19). The third-order valence-electron chi connectivity index (χ3n) is 4.44. The molecule has 1 aliphatic heterocycles. The Kier molecular flexibility index (Phi) is 3.45. The van der Waals surface area contributed by atoms with Crippen molar-refractivity contribution in [2.24, 2.45) is 5.92 Å². The fourth-order valence-electron chi connectivity index (χ4n) is 3.41. The normalized spacial score (nSPS) is 22.6. The fraction of sp³-hybridized carbons (Fsp3) is 0.562. The van der Waals surface area contributed by atoms with E-state index in [1.165, 1.54) is 31.2 Å². The number of nitrogens with one attached hydrogen (secondary N) is 1. The highest BCUT2D eigenvalue weighted by Gasteiger charge is 2.30. The van der Waals surface area contributed by atoms with Gasteiger partial charge in [-0.1, -0.05) is 31.0 Å². The number of hydrogen-bond donors (Lipinski definition) is 1. The molecule has 3 nitrogen and oxygen atoms in total. The van der Waals surface area contributed by atoms with E-state index < -0.39 is 0 Å². The van der Waals surface area contributed by atoms with Crippen molar-refractivity contribution in [2.45, 2.75) is 45.1 Å². The van der Waals surface area contributed by atoms with E-state index in [9.17, 15) is 4.79 Å². The predicted octanol–water partition coefficient (Wildman–Crippen LogP) is 3.34. The second-order valence-corrected chi connectivity index (χ2v) is 5.89. The van der Waals surface area contributed by atoms with Crippen LogP contribution in [0.15, 0.2) is 24.3 Å². The first-order chi connectivity index (χ1) is 9.25. The molecule has 1 aromatic rings. The zero-order valence-electron chi connectivity index (χ0n) is 11.6. The maximum atomic E-state index is 12.4. The minimum absolute atomic E-state index is 0.0735. The van der Waals surface area contributed by atoms with Gasteiger partial charge in [0.1, 0.15) is 0 Å². The molecule has 1 aromatic carbocycles. The number of nitrogens with zero attached hydrogens (tertiary/aromatic N) is 1. The van der Waals surface area contributed by atoms with Crippen LogP contribution in [0, 0.1) is 5.92 Å². The molecule has 2 amide bonds. The van der Waals surface area contributed by atoms with Gasteiger partial charge in [0.15, 0.2) is 0 Å². The van der Waals surface area contributed by atoms with Crippen LogP contribution in [0.1, 0.15) is 38.2 Å². The molecule has 1 unspecified atom stereocenters. The maximum absolute atomic E-state index is 12.4. The molecule has 0 radical (unpaired) electrons. The van der Waals surface area contributed by atoms with Crippen LogP contribution in [0.2, 0.25) is 0 Å². The summed E-state index contributed by atoms with van der Waals surface area (Å²) in [6.45, 7) is 2.96. The number of benzene rings is 1. The minimum Gasteiger partial charge on any atom is -0.337 e. The van der Waals surface area contributed by atoms with Crippen molar-refractivity contribution in [2.75, 3.05) is 11.4 Å². The molecule has 3 heteroatoms. The monoisotopic (exact) mass is 258 g/mol. The number of carbonyl (C=O) groups excluding carboxylic acids is 1. The molecule has 3 rings (SSSR count). The molecule has 2 aliphatic rings. The van der Waals surface area contributed by atoms with Crippen LogP contribution < -0.4 is 10.2 Å². The average molecular weight is 258 g/mol. The quantitative estimate of drug-likeness (QED) is 0.867. The molecule has 1 atom stereocenters. The fourth-order valence-corrected chi connectivity index (χ4v) is 3.41. The number of amides is 2. The van der Waals surface area contributed by atoms with E-state index in [1.807, 2.05) is 23.1 Å². The van der Waals surface area contributed by atoms with E-state index in [1.54, 1.807) is 0 Å². The van der Waals surface area contributed by atoms with Crippen molar-refractivity contribution in [3.05, 3.63) is 29.8 Å². The van der Waals surface area contributed by atoms with Gasteiger partial charge < -0.3 is 5.32 Å². The third-order valence-corrected chi connectivity index (χ3v) is 4.44. The van der Waals surface area contributed by atoms with Crippen molar-refractivity contribution in [3.8, 4) is 0 Å². The number of fused-ring (bicyclic) bond motifs is 1. The molecule has 1 saturated carbocycles. The molecule has 0 aromatic heterocycles. The van der Waals surface area contributed by atoms with Crippen molar-refractivity contribution in [1.29, 1.82) is 0 Å². The highest BCUT2D eigenvalue weighted by atomic mass is 16.2. The van der Waals surface area contributed by atoms with Crippen LogP contribution in [-0.4, -0.2) is 18.6 Å². The molecule has 0 spiro atoms. The minimum atomic E-state index is 0.0735. The van der Waals surface area contributed by atoms with Gasteiger partial charge in [-0.15, -0.1) is 0 Å². The van der Waals surface area contributed by atoms with Crippen LogP contribution in [0.4, 0.5) is 10.5 Å². The maximum Gasteiger partial charge on any atom is 0.322 e. The van der Waals surface area contributed by atoms with Gasteiger partial charge in [0.25, 0.3) is 0 Å². The Hall–Kier alpha value is -1.51. The summed E-state index contributed by atoms with van der Waals surface area (Å²) in [5.41, 5.74) is 2.37. The number of anilines is 1. The summed E-state index contributed by atoms with van der Waals surface area (Å²) >= 11 is 0. The molecule has 0 saturated heterocycles. The summed E-state index contributed by atoms with van der Waals surface area (Å²) in [5, 5.41) is 3.12. The number of para-hydroxylation sites is 1. The van der Waals surface area contributed by atoms with Crippen LogP contribution >= 0.6 is 0 Å². The van der Waals surface area contributed by atoms with E-state index in [-0.39, 0.29) is 12.1 Å². The molecule has 102 valence electrons. The summed E-state index contributed by atoms with van der Waals surface area (Å²) in [4.78, 5) is 14.3. The number of hydrogen-bond acceptors (Lipinski definition) is 1. The van der Waals surface area contributed by atoms with Gasteiger partial charge in [0, 0.05) is 18.3 Å². The first-order valence-electron chi connectivity index (χ1n) is 7.40. The second-order valence-electron chi connectivity index (χ2n) is 5.89. The number of urea groups is 1. The van der Waals surface area contributed by atoms with E-state index >= 15 is 0 Å². The lowest BCUT2D eigenvalue weighted by atomic mass is 10.1. The Balaban J connectivity index is 1.66. The van der Waals surface area contributed by atoms with Crippen molar-refractivity contribution in [3.63, 3.8) is 0 Å². The molecular formula is C16H22N2O. The SMILES string of the molecule is CC1Cc2ccccc2N1C(=O)NCC1CCCC1. The Morgan fingerprint density at radius 1 is 1.32 bits per heavy atom. The molecule has 1 aliphatic carbocycles. The Bertz CT molecular complexity index is 466. The van der Waals surface area contributed by atoms with Crippen LogP contribution in [0.25, 0.3) is 0 Å². The van der Waals surface area contributed by atoms with Gasteiger partial charge in [0.2, 0.25) is 0 Å². The molecule has 0 bridgehead atoms. The van der Waals surface area contributed by atoms with Crippen molar-refractivity contribution >= 4 is 11.7 Å². The lowest BCUT2D eigenvalue weighted by Crippen LogP contribution is -2.44. The summed E-state index contributed by atoms with van der Waals surface area (Å²) < 4.78 is 0. The summed E-state index contributed by atoms with van der Waals surface area (Å²) in [6.07, 6.45) is 6.15. The number of carbonyl (C=O) groups is 1. The van der Waals surface area contributed by atoms with Crippen molar-refractivity contribution in [1.82, 2.24) is 5.32 Å². The van der Waals surface area contributed by atoms with E-state index in [2.05, 4.69) is 18.3 Å². The van der Waals surface area contributed by atoms with Gasteiger partial charge in [-0.25, -0.2) is 4.79 Å². The van der Waals surface area contributed by atoms with Gasteiger partial charge in [-0.2, -0.15) is 0 Å². The van der Waals surface area contributed by atoms with Crippen molar-refractivity contribution < 1.29 is 4.79 Å². The average Bonchev–Trinajstić information content (AvgIpc) is 3.02. The zero-order valence-corrected chi connectivity index (χ0v) is 11.6. The summed E-state index contributed by atoms with van der Waals surface area (Å²) in [5.74, 6) is 0.692. The highest BCUT2D eigenvalue weighted by Crippen LogP contribution is 2.31. The molecule has 1 N–H and O–H groups in total. The molecule has 19 heavy (non-hydrogen) atoms. The van der Waals surface area contributed by atoms with E-state index in [0.29, 0.717) is 5.92 Å². The second kappa shape index (κ2) is 5.24. The first kappa shape index (κ1) is 12.5. The Labute approximate surface area is 115 Å². The van der Waals surface area contributed by atoms with Crippen LogP contribution in [0.5, 0.6) is 0 Å². The zero-order chi connectivity index (χ0) is 13.2. The highest BCUT2D eigenvalue weighted by molar-refractivity contribution is 5.94. The van der Waals surface area contributed by atoms with E-state index in [0.717, 1.165) is 18.7 Å². The molecule has 1 fully saturated rings. The topological polar surface area (TPSA) is 32.3 Å². The lowest BCUT2D eigenvalue weighted by molar-refractivity contribution is 0.243. The first-order valence-corrected chi connectivity index (χ1v) is 7.40. The Morgan fingerprint density at radius 2 is 2.05 bits per heavy atom. The van der Waals surface area contributed by atoms with Gasteiger partial charge >= 0.3 is 6.03 Å². The smallest absolute Gasteiger partial charge is 0.322 e. The van der Waals surface area contributed by atoms with Crippen LogP contribution in [0.3, 0.4) is 0 Å². The third kappa shape index (κ3) is 2.46. The largest absolute Gasteiger partial charge is 0.337 e. The van der Waals surface area contributed by atoms with E-state index in [4.69, 9.17) is 0 Å². The van der Waals surface area contributed by atoms with Gasteiger partial charge in [-0.05, 0) is 43.7 Å². The van der Waals surface area contributed by atoms with Gasteiger partial charge in [-0.3, -0.25) is 4.90 Å². The summed E-state index contributed by atoms with van der Waals surface area (Å²) in [6, 6.07) is 8.56. The van der Waals surface area contributed by atoms with Crippen LogP contribution in [-0.2, 0) is 6.42 Å². The Morgan fingerprint density at radius 3 is 2.84 bits per heavy atom. The lowest BCUT2D eigenvalue weighted by Gasteiger charge is -2.24. The van der Waals surface area contributed by atoms with Gasteiger partial charge in [0.05, 0.1) is 0 Å². The predicted molar refractivity (Wildman–Crippen MR) is 77.4 cm³/mol. The molecule has 1 heterocycles. The summed E-state index contributed by atoms with van der Waals surface area (Å²) in [7, 11) is 0.